The Balaban J connectivity index is 0.000000660. The third-order valence-corrected chi connectivity index (χ3v) is 5.49. The van der Waals surface area contributed by atoms with Crippen molar-refractivity contribution in [1.82, 2.24) is 0 Å². The molecule has 1 N–H and O–H groups in total. The third-order valence-electron chi connectivity index (χ3n) is 4.93. The first-order valence-corrected chi connectivity index (χ1v) is 11.4. The van der Waals surface area contributed by atoms with Crippen LogP contribution < -0.4 is 4.90 Å². The first kappa shape index (κ1) is 25.7. The Morgan fingerprint density at radius 2 is 1.38 bits per heavy atom. The first-order chi connectivity index (χ1) is 12.1. The summed E-state index contributed by atoms with van der Waals surface area (Å²) in [5, 5.41) is 0. The van der Waals surface area contributed by atoms with E-state index in [9.17, 15) is 13.2 Å². The number of hydrogen-bond donors (Lipinski definition) is 1. The average Bonchev–Trinajstić information content (AvgIpc) is 2.54. The van der Waals surface area contributed by atoms with E-state index in [0.29, 0.717) is 0 Å². The molecule has 1 fully saturated rings. The molecule has 0 unspecified atom stereocenters. The van der Waals surface area contributed by atoms with E-state index < -0.39 is 15.6 Å². The third kappa shape index (κ3) is 12.9. The zero-order valence-corrected chi connectivity index (χ0v) is 17.1. The van der Waals surface area contributed by atoms with Crippen LogP contribution in [0.1, 0.15) is 84.5 Å². The Hall–Kier alpha value is -0.340. The minimum absolute atomic E-state index is 1.06. The van der Waals surface area contributed by atoms with Gasteiger partial charge in [0.1, 0.15) is 0 Å². The van der Waals surface area contributed by atoms with Crippen molar-refractivity contribution in [3.05, 3.63) is 0 Å². The van der Waals surface area contributed by atoms with Crippen LogP contribution in [0.25, 0.3) is 0 Å². The van der Waals surface area contributed by atoms with Crippen molar-refractivity contribution in [1.29, 1.82) is 0 Å². The van der Waals surface area contributed by atoms with Crippen LogP contribution in [0, 0.1) is 5.92 Å². The highest BCUT2D eigenvalue weighted by Crippen LogP contribution is 2.20. The van der Waals surface area contributed by atoms with E-state index in [1.54, 1.807) is 0 Å². The minimum Gasteiger partial charge on any atom is -0.741 e. The fraction of sp³-hybridized carbons (Fsp3) is 1.00. The summed E-state index contributed by atoms with van der Waals surface area (Å²) in [4.78, 5) is 1.90. The van der Waals surface area contributed by atoms with Gasteiger partial charge in [-0.1, -0.05) is 58.8 Å². The monoisotopic (exact) mass is 403 g/mol. The summed E-state index contributed by atoms with van der Waals surface area (Å²) < 4.78 is 58.9. The largest absolute Gasteiger partial charge is 0.741 e. The van der Waals surface area contributed by atoms with Crippen molar-refractivity contribution >= 4 is 10.1 Å². The van der Waals surface area contributed by atoms with Crippen LogP contribution in [0.4, 0.5) is 13.2 Å². The molecule has 1 rings (SSSR count). The van der Waals surface area contributed by atoms with Crippen molar-refractivity contribution in [2.24, 2.45) is 5.92 Å². The zero-order chi connectivity index (χ0) is 20.1. The number of hydrogen-bond acceptors (Lipinski definition) is 3. The number of quaternary nitrogens is 1. The van der Waals surface area contributed by atoms with Gasteiger partial charge in [0, 0.05) is 0 Å². The van der Waals surface area contributed by atoms with Gasteiger partial charge in [-0.3, -0.25) is 0 Å². The quantitative estimate of drug-likeness (QED) is 0.342. The molecule has 0 spiro atoms. The number of nitrogens with one attached hydrogen (secondary N) is 1. The van der Waals surface area contributed by atoms with Crippen LogP contribution in [0.3, 0.4) is 0 Å². The highest BCUT2D eigenvalue weighted by Gasteiger charge is 2.36. The van der Waals surface area contributed by atoms with Crippen LogP contribution in [-0.2, 0) is 10.1 Å². The van der Waals surface area contributed by atoms with E-state index in [-0.39, 0.29) is 0 Å². The number of halogens is 3. The molecular weight excluding hydrogens is 367 g/mol. The Morgan fingerprint density at radius 3 is 1.81 bits per heavy atom. The summed E-state index contributed by atoms with van der Waals surface area (Å²) in [5.41, 5.74) is -5.65. The number of alkyl halides is 3. The second-order valence-electron chi connectivity index (χ2n) is 7.25. The summed E-state index contributed by atoms with van der Waals surface area (Å²) in [7, 11) is -6.09. The van der Waals surface area contributed by atoms with E-state index in [4.69, 9.17) is 13.0 Å². The minimum atomic E-state index is -6.09. The lowest BCUT2D eigenvalue weighted by Gasteiger charge is -2.29. The molecule has 1 aliphatic rings. The van der Waals surface area contributed by atoms with Gasteiger partial charge in [0.25, 0.3) is 0 Å². The summed E-state index contributed by atoms with van der Waals surface area (Å²) in [6.45, 7) is 9.00. The Kier molecular flexibility index (Phi) is 13.6. The number of unbranched alkanes of at least 4 members (excludes halogenated alkanes) is 6. The normalized spacial score (nSPS) is 21.2. The van der Waals surface area contributed by atoms with Crippen LogP contribution in [0.5, 0.6) is 0 Å². The molecule has 1 aliphatic heterocycles. The molecule has 26 heavy (non-hydrogen) atoms. The van der Waals surface area contributed by atoms with Gasteiger partial charge in [-0.05, 0) is 31.6 Å². The first-order valence-electron chi connectivity index (χ1n) is 9.97. The van der Waals surface area contributed by atoms with Crippen molar-refractivity contribution < 1.29 is 31.0 Å². The lowest BCUT2D eigenvalue weighted by atomic mass is 9.92. The Labute approximate surface area is 157 Å². The molecule has 0 aromatic rings. The van der Waals surface area contributed by atoms with Gasteiger partial charge in [0.05, 0.1) is 19.6 Å². The van der Waals surface area contributed by atoms with Crippen LogP contribution in [0.15, 0.2) is 0 Å². The maximum absolute atomic E-state index is 10.7. The molecule has 0 saturated carbocycles. The lowest BCUT2D eigenvalue weighted by molar-refractivity contribution is -0.906. The lowest BCUT2D eigenvalue weighted by Crippen LogP contribution is -3.13. The van der Waals surface area contributed by atoms with Crippen LogP contribution >= 0.6 is 0 Å². The second kappa shape index (κ2) is 13.8. The SMILES string of the molecule is CCCCCCCCC[NH+]1CCC(CCC)CC1.O=S(=O)([O-])C(F)(F)F. The predicted molar refractivity (Wildman–Crippen MR) is 96.9 cm³/mol. The van der Waals surface area contributed by atoms with Crippen molar-refractivity contribution in [3.8, 4) is 0 Å². The smallest absolute Gasteiger partial charge is 0.485 e. The van der Waals surface area contributed by atoms with Gasteiger partial charge in [-0.2, -0.15) is 13.2 Å². The molecule has 8 heteroatoms. The molecule has 0 amide bonds. The highest BCUT2D eigenvalue weighted by atomic mass is 32.2. The summed E-state index contributed by atoms with van der Waals surface area (Å²) in [6, 6.07) is 0. The highest BCUT2D eigenvalue weighted by molar-refractivity contribution is 7.86. The topological polar surface area (TPSA) is 61.6 Å². The standard InChI is InChI=1S/C17H35N.CHF3O3S/c1-3-5-6-7-8-9-10-14-18-15-12-17(11-4-2)13-16-18;2-1(3,4)8(5,6)7/h17H,3-16H2,1-2H3;(H,5,6,7). The molecule has 0 bridgehead atoms. The molecule has 0 aromatic heterocycles. The number of likely N-dealkylation sites (tertiary alicyclic amines) is 1. The summed E-state index contributed by atoms with van der Waals surface area (Å²) in [6.07, 6.45) is 16.0. The molecule has 4 nitrogen and oxygen atoms in total. The van der Waals surface area contributed by atoms with Crippen LogP contribution in [0.2, 0.25) is 0 Å². The Morgan fingerprint density at radius 1 is 0.923 bits per heavy atom. The molecule has 0 aliphatic carbocycles. The number of rotatable bonds is 10. The van der Waals surface area contributed by atoms with Crippen molar-refractivity contribution in [2.45, 2.75) is 90.0 Å². The van der Waals surface area contributed by atoms with Gasteiger partial charge in [-0.15, -0.1) is 0 Å². The summed E-state index contributed by atoms with van der Waals surface area (Å²) >= 11 is 0. The van der Waals surface area contributed by atoms with E-state index in [0.717, 1.165) is 5.92 Å². The van der Waals surface area contributed by atoms with Gasteiger partial charge >= 0.3 is 5.51 Å². The fourth-order valence-corrected chi connectivity index (χ4v) is 3.36. The van der Waals surface area contributed by atoms with E-state index in [1.807, 2.05) is 4.90 Å². The fourth-order valence-electron chi connectivity index (χ4n) is 3.36. The van der Waals surface area contributed by atoms with Gasteiger partial charge in [0.2, 0.25) is 0 Å². The molecule has 1 heterocycles. The van der Waals surface area contributed by atoms with E-state index in [2.05, 4.69) is 13.8 Å². The molecular formula is C18H36F3NO3S. The van der Waals surface area contributed by atoms with Gasteiger partial charge in [-0.25, -0.2) is 8.42 Å². The maximum Gasteiger partial charge on any atom is 0.485 e. The van der Waals surface area contributed by atoms with E-state index >= 15 is 0 Å². The molecule has 158 valence electrons. The molecule has 0 atom stereocenters. The molecule has 0 radical (unpaired) electrons. The number of piperidine rings is 1. The summed E-state index contributed by atoms with van der Waals surface area (Å²) in [5.74, 6) is 1.06. The molecule has 0 aromatic carbocycles. The van der Waals surface area contributed by atoms with Crippen molar-refractivity contribution in [3.63, 3.8) is 0 Å². The van der Waals surface area contributed by atoms with Gasteiger partial charge in [0.15, 0.2) is 10.1 Å². The average molecular weight is 404 g/mol. The zero-order valence-electron chi connectivity index (χ0n) is 16.2. The Bertz CT molecular complexity index is 433. The van der Waals surface area contributed by atoms with Gasteiger partial charge < -0.3 is 9.45 Å². The van der Waals surface area contributed by atoms with Crippen molar-refractivity contribution in [2.75, 3.05) is 19.6 Å². The second-order valence-corrected chi connectivity index (χ2v) is 8.62. The molecule has 1 saturated heterocycles. The predicted octanol–water partition coefficient (Wildman–Crippen LogP) is 3.88. The maximum atomic E-state index is 10.7. The van der Waals surface area contributed by atoms with E-state index in [1.165, 1.54) is 90.3 Å². The van der Waals surface area contributed by atoms with Crippen LogP contribution in [-0.4, -0.2) is 38.1 Å².